The lowest BCUT2D eigenvalue weighted by molar-refractivity contribution is -0.200. The Bertz CT molecular complexity index is 688. The highest BCUT2D eigenvalue weighted by atomic mass is 127. The molecule has 2 fully saturated rings. The molecule has 2 aliphatic heterocycles. The van der Waals surface area contributed by atoms with E-state index < -0.39 is 8.32 Å². The van der Waals surface area contributed by atoms with Crippen LogP contribution in [-0.2, 0) is 25.3 Å². The molecule has 2 heterocycles. The lowest BCUT2D eigenvalue weighted by Crippen LogP contribution is -2.47. The monoisotopic (exact) mass is 503 g/mol. The number of esters is 1. The summed E-state index contributed by atoms with van der Waals surface area (Å²) in [5.74, 6) is -0.173. The van der Waals surface area contributed by atoms with Crippen LogP contribution in [0.15, 0.2) is 24.3 Å². The summed E-state index contributed by atoms with van der Waals surface area (Å²) in [4.78, 5) is 18.6. The second-order valence-corrected chi connectivity index (χ2v) is 15.1. The standard InChI is InChI=1S/C20H30INO4Si/c1-13(26-27(5,6)20(2,3)4)18-16-12-24-19(23)17(16)22(25-18)11-14-7-9-15(21)10-8-14/h7-10,13,16-18H,11-12H2,1-6H3/t13-,16-,17-,18-/m0/s1. The maximum Gasteiger partial charge on any atom is 0.326 e. The molecule has 0 bridgehead atoms. The van der Waals surface area contributed by atoms with Gasteiger partial charge in [0.1, 0.15) is 12.1 Å². The first-order chi connectivity index (χ1) is 12.5. The molecular formula is C20H30INO4Si. The Labute approximate surface area is 177 Å². The highest BCUT2D eigenvalue weighted by Gasteiger charge is 2.55. The molecule has 0 saturated carbocycles. The van der Waals surface area contributed by atoms with Crippen LogP contribution in [-0.4, -0.2) is 44.2 Å². The van der Waals surface area contributed by atoms with Gasteiger partial charge in [0.2, 0.25) is 0 Å². The first kappa shape index (κ1) is 21.2. The van der Waals surface area contributed by atoms with Gasteiger partial charge >= 0.3 is 5.97 Å². The van der Waals surface area contributed by atoms with Crippen LogP contribution in [0.3, 0.4) is 0 Å². The predicted molar refractivity (Wildman–Crippen MR) is 116 cm³/mol. The zero-order valence-electron chi connectivity index (χ0n) is 17.0. The third-order valence-electron chi connectivity index (χ3n) is 6.06. The van der Waals surface area contributed by atoms with E-state index in [4.69, 9.17) is 14.0 Å². The third kappa shape index (κ3) is 4.42. The van der Waals surface area contributed by atoms with Crippen molar-refractivity contribution >= 4 is 36.9 Å². The topological polar surface area (TPSA) is 48.0 Å². The van der Waals surface area contributed by atoms with Crippen molar-refractivity contribution < 1.29 is 18.8 Å². The van der Waals surface area contributed by atoms with E-state index in [1.807, 2.05) is 0 Å². The van der Waals surface area contributed by atoms with E-state index in [1.165, 1.54) is 3.57 Å². The molecule has 0 radical (unpaired) electrons. The molecule has 4 atom stereocenters. The van der Waals surface area contributed by atoms with E-state index in [-0.39, 0.29) is 35.2 Å². The van der Waals surface area contributed by atoms with Crippen LogP contribution >= 0.6 is 22.6 Å². The normalized spacial score (nSPS) is 27.5. The van der Waals surface area contributed by atoms with Crippen molar-refractivity contribution in [2.75, 3.05) is 6.61 Å². The second kappa shape index (κ2) is 7.74. The minimum Gasteiger partial charge on any atom is -0.464 e. The van der Waals surface area contributed by atoms with Crippen LogP contribution in [0, 0.1) is 9.49 Å². The number of carbonyl (C=O) groups excluding carboxylic acids is 1. The molecule has 3 rings (SSSR count). The van der Waals surface area contributed by atoms with E-state index in [0.29, 0.717) is 13.2 Å². The molecule has 0 spiro atoms. The van der Waals surface area contributed by atoms with Crippen molar-refractivity contribution in [3.8, 4) is 0 Å². The van der Waals surface area contributed by atoms with Crippen molar-refractivity contribution in [2.24, 2.45) is 5.92 Å². The number of ether oxygens (including phenoxy) is 1. The first-order valence-electron chi connectivity index (χ1n) is 9.52. The predicted octanol–water partition coefficient (Wildman–Crippen LogP) is 4.36. The fraction of sp³-hybridized carbons (Fsp3) is 0.650. The molecule has 0 N–H and O–H groups in total. The van der Waals surface area contributed by atoms with Gasteiger partial charge in [-0.2, -0.15) is 5.06 Å². The van der Waals surface area contributed by atoms with Gasteiger partial charge in [0, 0.05) is 3.57 Å². The lowest BCUT2D eigenvalue weighted by atomic mass is 9.95. The molecule has 27 heavy (non-hydrogen) atoms. The molecule has 7 heteroatoms. The Morgan fingerprint density at radius 2 is 1.93 bits per heavy atom. The van der Waals surface area contributed by atoms with E-state index in [1.54, 1.807) is 5.06 Å². The summed E-state index contributed by atoms with van der Waals surface area (Å²) in [7, 11) is -1.92. The second-order valence-electron chi connectivity index (χ2n) is 9.09. The molecular weight excluding hydrogens is 473 g/mol. The number of rotatable bonds is 5. The van der Waals surface area contributed by atoms with Crippen LogP contribution in [0.4, 0.5) is 0 Å². The van der Waals surface area contributed by atoms with Gasteiger partial charge in [-0.3, -0.25) is 9.63 Å². The van der Waals surface area contributed by atoms with Crippen LogP contribution in [0.2, 0.25) is 18.1 Å². The Hall–Kier alpha value is -0.483. The summed E-state index contributed by atoms with van der Waals surface area (Å²) in [5, 5.41) is 1.93. The van der Waals surface area contributed by atoms with Crippen molar-refractivity contribution in [1.82, 2.24) is 5.06 Å². The van der Waals surface area contributed by atoms with Gasteiger partial charge in [0.15, 0.2) is 8.32 Å². The number of fused-ring (bicyclic) bond motifs is 1. The van der Waals surface area contributed by atoms with Gasteiger partial charge in [-0.05, 0) is 65.3 Å². The molecule has 0 aromatic heterocycles. The van der Waals surface area contributed by atoms with Crippen LogP contribution in [0.1, 0.15) is 33.3 Å². The summed E-state index contributed by atoms with van der Waals surface area (Å²) in [6, 6.07) is 7.93. The molecule has 5 nitrogen and oxygen atoms in total. The third-order valence-corrected chi connectivity index (χ3v) is 11.3. The summed E-state index contributed by atoms with van der Waals surface area (Å²) in [6.07, 6.45) is -0.256. The quantitative estimate of drug-likeness (QED) is 0.340. The number of hydroxylamine groups is 2. The maximum absolute atomic E-state index is 12.3. The van der Waals surface area contributed by atoms with Crippen LogP contribution in [0.25, 0.3) is 0 Å². The van der Waals surface area contributed by atoms with Gasteiger partial charge in [-0.15, -0.1) is 0 Å². The summed E-state index contributed by atoms with van der Waals surface area (Å²) >= 11 is 2.29. The zero-order chi connectivity index (χ0) is 20.0. The molecule has 0 amide bonds. The minimum absolute atomic E-state index is 0.0149. The molecule has 1 aromatic rings. The average molecular weight is 503 g/mol. The largest absolute Gasteiger partial charge is 0.464 e. The molecule has 2 aliphatic rings. The van der Waals surface area contributed by atoms with Crippen molar-refractivity contribution in [2.45, 2.75) is 70.6 Å². The van der Waals surface area contributed by atoms with E-state index in [9.17, 15) is 4.79 Å². The number of benzene rings is 1. The first-order valence-corrected chi connectivity index (χ1v) is 13.5. The van der Waals surface area contributed by atoms with E-state index >= 15 is 0 Å². The number of carbonyl (C=O) groups is 1. The van der Waals surface area contributed by atoms with Gasteiger partial charge < -0.3 is 9.16 Å². The van der Waals surface area contributed by atoms with Crippen molar-refractivity contribution in [1.29, 1.82) is 0 Å². The SMILES string of the molecule is C[C@H](O[Si](C)(C)C(C)(C)C)[C@@H]1ON(Cc2ccc(I)cc2)[C@@H]2C(=O)OC[C@H]12. The lowest BCUT2D eigenvalue weighted by Gasteiger charge is -2.40. The zero-order valence-corrected chi connectivity index (χ0v) is 20.1. The van der Waals surface area contributed by atoms with E-state index in [0.717, 1.165) is 5.56 Å². The number of nitrogens with zero attached hydrogens (tertiary/aromatic N) is 1. The van der Waals surface area contributed by atoms with Crippen molar-refractivity contribution in [3.63, 3.8) is 0 Å². The van der Waals surface area contributed by atoms with Crippen LogP contribution < -0.4 is 0 Å². The Kier molecular flexibility index (Phi) is 6.09. The Morgan fingerprint density at radius 1 is 1.30 bits per heavy atom. The maximum atomic E-state index is 12.3. The van der Waals surface area contributed by atoms with Gasteiger partial charge in [-0.25, -0.2) is 0 Å². The molecule has 150 valence electrons. The van der Waals surface area contributed by atoms with E-state index in [2.05, 4.69) is 87.6 Å². The van der Waals surface area contributed by atoms with Crippen molar-refractivity contribution in [3.05, 3.63) is 33.4 Å². The van der Waals surface area contributed by atoms with Gasteiger partial charge in [0.25, 0.3) is 0 Å². The fourth-order valence-electron chi connectivity index (χ4n) is 3.48. The highest BCUT2D eigenvalue weighted by Crippen LogP contribution is 2.41. The minimum atomic E-state index is -1.92. The summed E-state index contributed by atoms with van der Waals surface area (Å²) < 4.78 is 13.1. The highest BCUT2D eigenvalue weighted by molar-refractivity contribution is 14.1. The number of halogens is 1. The van der Waals surface area contributed by atoms with Gasteiger partial charge in [0.05, 0.1) is 25.2 Å². The van der Waals surface area contributed by atoms with Gasteiger partial charge in [-0.1, -0.05) is 32.9 Å². The smallest absolute Gasteiger partial charge is 0.326 e. The average Bonchev–Trinajstić information content (AvgIpc) is 3.10. The Balaban J connectivity index is 1.75. The molecule has 0 unspecified atom stereocenters. The Morgan fingerprint density at radius 3 is 2.52 bits per heavy atom. The summed E-state index contributed by atoms with van der Waals surface area (Å²) in [6.45, 7) is 14.2. The molecule has 2 saturated heterocycles. The summed E-state index contributed by atoms with van der Waals surface area (Å²) in [5.41, 5.74) is 1.12. The number of cyclic esters (lactones) is 1. The fourth-order valence-corrected chi connectivity index (χ4v) is 5.26. The molecule has 1 aromatic carbocycles. The number of hydrogen-bond acceptors (Lipinski definition) is 5. The van der Waals surface area contributed by atoms with Crippen LogP contribution in [0.5, 0.6) is 0 Å². The molecule has 0 aliphatic carbocycles. The number of hydrogen-bond donors (Lipinski definition) is 0.